The number of furan rings is 1. The number of aryl methyl sites for hydroxylation is 1. The zero-order valence-electron chi connectivity index (χ0n) is 13.7. The lowest BCUT2D eigenvalue weighted by Gasteiger charge is -2.35. The fraction of sp³-hybridized carbons (Fsp3) is 0.600. The van der Waals surface area contributed by atoms with Crippen LogP contribution >= 0.6 is 0 Å². The number of benzene rings is 1. The summed E-state index contributed by atoms with van der Waals surface area (Å²) < 4.78 is 5.60. The summed E-state index contributed by atoms with van der Waals surface area (Å²) in [5, 5.41) is 1.26. The van der Waals surface area contributed by atoms with E-state index in [1.165, 1.54) is 69.0 Å². The second-order valence-electron chi connectivity index (χ2n) is 7.24. The largest absolute Gasteiger partial charge is 0.464 e. The molecule has 1 saturated carbocycles. The molecule has 2 aliphatic rings. The minimum atomic E-state index is 0.735. The van der Waals surface area contributed by atoms with Gasteiger partial charge in [-0.1, -0.05) is 19.8 Å². The van der Waals surface area contributed by atoms with E-state index in [-0.39, 0.29) is 0 Å². The average molecular weight is 297 g/mol. The lowest BCUT2D eigenvalue weighted by molar-refractivity contribution is 0.175. The highest BCUT2D eigenvalue weighted by atomic mass is 16.3. The third kappa shape index (κ3) is 2.94. The van der Waals surface area contributed by atoms with Crippen molar-refractivity contribution in [3.63, 3.8) is 0 Å². The van der Waals surface area contributed by atoms with Gasteiger partial charge in [-0.15, -0.1) is 0 Å². The molecular formula is C20H27NO. The molecule has 0 amide bonds. The van der Waals surface area contributed by atoms with Gasteiger partial charge >= 0.3 is 0 Å². The van der Waals surface area contributed by atoms with Crippen LogP contribution in [-0.4, -0.2) is 24.0 Å². The number of rotatable bonds is 6. The van der Waals surface area contributed by atoms with Crippen LogP contribution in [0.1, 0.15) is 50.2 Å². The molecule has 1 fully saturated rings. The van der Waals surface area contributed by atoms with Crippen molar-refractivity contribution in [2.75, 3.05) is 13.1 Å². The minimum Gasteiger partial charge on any atom is -0.464 e. The van der Waals surface area contributed by atoms with E-state index in [1.54, 1.807) is 5.56 Å². The van der Waals surface area contributed by atoms with Crippen molar-refractivity contribution < 1.29 is 4.42 Å². The Labute approximate surface area is 133 Å². The lowest BCUT2D eigenvalue weighted by Crippen LogP contribution is -2.40. The molecule has 22 heavy (non-hydrogen) atoms. The standard InChI is InChI=1S/C20H27NO/c1-2-9-21(10-7-15-3-4-15)19-6-5-16-12-17-8-11-22-20(17)14-18(16)13-19/h8,11-12,14-15,19H,2-7,9-10,13H2,1H3/t19-/m0/s1. The highest BCUT2D eigenvalue weighted by Gasteiger charge is 2.27. The molecule has 0 saturated heterocycles. The van der Waals surface area contributed by atoms with E-state index >= 15 is 0 Å². The molecule has 0 radical (unpaired) electrons. The Morgan fingerprint density at radius 3 is 2.86 bits per heavy atom. The fourth-order valence-electron chi connectivity index (χ4n) is 4.03. The van der Waals surface area contributed by atoms with Crippen LogP contribution in [0.5, 0.6) is 0 Å². The van der Waals surface area contributed by atoms with Crippen LogP contribution in [0.4, 0.5) is 0 Å². The van der Waals surface area contributed by atoms with Crippen LogP contribution in [0.3, 0.4) is 0 Å². The Bertz CT molecular complexity index is 640. The van der Waals surface area contributed by atoms with Gasteiger partial charge in [0.1, 0.15) is 5.58 Å². The van der Waals surface area contributed by atoms with E-state index in [0.29, 0.717) is 0 Å². The molecule has 1 atom stereocenters. The van der Waals surface area contributed by atoms with Gasteiger partial charge in [0.05, 0.1) is 6.26 Å². The normalized spacial score (nSPS) is 21.5. The van der Waals surface area contributed by atoms with Crippen molar-refractivity contribution >= 4 is 11.0 Å². The number of nitrogens with zero attached hydrogens (tertiary/aromatic N) is 1. The van der Waals surface area contributed by atoms with Gasteiger partial charge in [0.25, 0.3) is 0 Å². The van der Waals surface area contributed by atoms with Crippen molar-refractivity contribution in [2.24, 2.45) is 5.92 Å². The van der Waals surface area contributed by atoms with Crippen LogP contribution in [0, 0.1) is 5.92 Å². The van der Waals surface area contributed by atoms with E-state index in [0.717, 1.165) is 17.5 Å². The van der Waals surface area contributed by atoms with Crippen LogP contribution in [0.15, 0.2) is 28.9 Å². The zero-order valence-corrected chi connectivity index (χ0v) is 13.7. The third-order valence-corrected chi connectivity index (χ3v) is 5.53. The summed E-state index contributed by atoms with van der Waals surface area (Å²) in [6, 6.07) is 7.46. The van der Waals surface area contributed by atoms with Crippen molar-refractivity contribution in [2.45, 2.75) is 57.9 Å². The maximum Gasteiger partial charge on any atom is 0.134 e. The highest BCUT2D eigenvalue weighted by Crippen LogP contribution is 2.34. The van der Waals surface area contributed by atoms with Crippen LogP contribution < -0.4 is 0 Å². The molecule has 2 aromatic rings. The summed E-state index contributed by atoms with van der Waals surface area (Å²) in [6.07, 6.45) is 11.2. The van der Waals surface area contributed by atoms with Gasteiger partial charge in [-0.3, -0.25) is 0 Å². The summed E-state index contributed by atoms with van der Waals surface area (Å²) in [7, 11) is 0. The summed E-state index contributed by atoms with van der Waals surface area (Å²) in [5.74, 6) is 1.04. The predicted octanol–water partition coefficient (Wildman–Crippen LogP) is 4.80. The first-order chi connectivity index (χ1) is 10.8. The second kappa shape index (κ2) is 6.08. The molecule has 118 valence electrons. The monoisotopic (exact) mass is 297 g/mol. The summed E-state index contributed by atoms with van der Waals surface area (Å²) >= 11 is 0. The number of hydrogen-bond donors (Lipinski definition) is 0. The Morgan fingerprint density at radius 1 is 1.14 bits per heavy atom. The SMILES string of the molecule is CCCN(CCC1CC1)[C@H]1CCc2cc3ccoc3cc2C1. The van der Waals surface area contributed by atoms with Gasteiger partial charge in [0.15, 0.2) is 0 Å². The summed E-state index contributed by atoms with van der Waals surface area (Å²) in [6.45, 7) is 4.88. The molecule has 1 aromatic heterocycles. The molecule has 2 heteroatoms. The fourth-order valence-corrected chi connectivity index (χ4v) is 4.03. The molecule has 0 aliphatic heterocycles. The topological polar surface area (TPSA) is 16.4 Å². The van der Waals surface area contributed by atoms with Gasteiger partial charge in [-0.05, 0) is 80.4 Å². The molecule has 4 rings (SSSR count). The molecule has 0 N–H and O–H groups in total. The van der Waals surface area contributed by atoms with E-state index in [9.17, 15) is 0 Å². The molecule has 1 aromatic carbocycles. The molecule has 0 unspecified atom stereocenters. The van der Waals surface area contributed by atoms with Crippen LogP contribution in [-0.2, 0) is 12.8 Å². The van der Waals surface area contributed by atoms with Crippen molar-refractivity contribution in [3.8, 4) is 0 Å². The predicted molar refractivity (Wildman–Crippen MR) is 91.2 cm³/mol. The number of fused-ring (bicyclic) bond motifs is 2. The Balaban J connectivity index is 1.50. The molecule has 1 heterocycles. The molecular weight excluding hydrogens is 270 g/mol. The molecule has 2 nitrogen and oxygen atoms in total. The lowest BCUT2D eigenvalue weighted by atomic mass is 9.86. The zero-order chi connectivity index (χ0) is 14.9. The van der Waals surface area contributed by atoms with E-state index in [1.807, 2.05) is 6.26 Å². The van der Waals surface area contributed by atoms with Gasteiger partial charge in [-0.2, -0.15) is 0 Å². The van der Waals surface area contributed by atoms with Crippen LogP contribution in [0.25, 0.3) is 11.0 Å². The third-order valence-electron chi connectivity index (χ3n) is 5.53. The maximum atomic E-state index is 5.60. The second-order valence-corrected chi connectivity index (χ2v) is 7.24. The number of hydrogen-bond acceptors (Lipinski definition) is 2. The van der Waals surface area contributed by atoms with Crippen molar-refractivity contribution in [3.05, 3.63) is 35.6 Å². The minimum absolute atomic E-state index is 0.735. The Hall–Kier alpha value is -1.28. The average Bonchev–Trinajstić information content (AvgIpc) is 3.25. The molecule has 0 spiro atoms. The van der Waals surface area contributed by atoms with Gasteiger partial charge < -0.3 is 9.32 Å². The van der Waals surface area contributed by atoms with Gasteiger partial charge in [0.2, 0.25) is 0 Å². The Morgan fingerprint density at radius 2 is 2.05 bits per heavy atom. The first kappa shape index (κ1) is 14.3. The van der Waals surface area contributed by atoms with Gasteiger partial charge in [0, 0.05) is 11.4 Å². The van der Waals surface area contributed by atoms with E-state index < -0.39 is 0 Å². The van der Waals surface area contributed by atoms with Crippen molar-refractivity contribution in [1.29, 1.82) is 0 Å². The first-order valence-corrected chi connectivity index (χ1v) is 9.06. The van der Waals surface area contributed by atoms with Gasteiger partial charge in [-0.25, -0.2) is 0 Å². The summed E-state index contributed by atoms with van der Waals surface area (Å²) in [4.78, 5) is 2.77. The molecule has 2 aliphatic carbocycles. The van der Waals surface area contributed by atoms with E-state index in [4.69, 9.17) is 4.42 Å². The van der Waals surface area contributed by atoms with Crippen molar-refractivity contribution in [1.82, 2.24) is 4.90 Å². The summed E-state index contributed by atoms with van der Waals surface area (Å²) in [5.41, 5.74) is 4.12. The maximum absolute atomic E-state index is 5.60. The first-order valence-electron chi connectivity index (χ1n) is 9.06. The van der Waals surface area contributed by atoms with E-state index in [2.05, 4.69) is 30.0 Å². The molecule has 0 bridgehead atoms. The smallest absolute Gasteiger partial charge is 0.134 e. The van der Waals surface area contributed by atoms with Crippen LogP contribution in [0.2, 0.25) is 0 Å². The quantitative estimate of drug-likeness (QED) is 0.761. The Kier molecular flexibility index (Phi) is 3.96. The highest BCUT2D eigenvalue weighted by molar-refractivity contribution is 5.79.